The number of hydrogen-bond acceptors (Lipinski definition) is 7. The third-order valence-electron chi connectivity index (χ3n) is 4.35. The molecule has 0 aromatic heterocycles. The molecule has 0 saturated carbocycles. The van der Waals surface area contributed by atoms with Gasteiger partial charge in [0.2, 0.25) is 17.7 Å². The molecular formula is C19H35N7O7. The summed E-state index contributed by atoms with van der Waals surface area (Å²) in [5, 5.41) is 25.0. The number of nitrogens with zero attached hydrogens (tertiary/aromatic N) is 1. The lowest BCUT2D eigenvalue weighted by Crippen LogP contribution is -2.54. The Balaban J connectivity index is 4.80. The lowest BCUT2D eigenvalue weighted by Gasteiger charge is -2.23. The molecule has 0 rings (SSSR count). The van der Waals surface area contributed by atoms with E-state index in [0.717, 1.165) is 0 Å². The summed E-state index contributed by atoms with van der Waals surface area (Å²) in [6.07, 6.45) is 0.186. The highest BCUT2D eigenvalue weighted by molar-refractivity contribution is 5.92. The molecule has 0 radical (unpaired) electrons. The molecule has 0 unspecified atom stereocenters. The molecule has 188 valence electrons. The standard InChI is InChI=1S/C19H35N7O7/c1-10(2)8-13(17(31)26-12(18(32)33)5-6-15(28)29)25-14(27)9-24-16(30)11(20)4-3-7-23-19(21)22/h10-13H,3-9,20H2,1-2H3,(H,24,30)(H,25,27)(H,26,31)(H,28,29)(H,32,33)(H4,21,22,23)/t11-,12-,13-/m0/s1. The van der Waals surface area contributed by atoms with Crippen molar-refractivity contribution >= 4 is 35.6 Å². The fourth-order valence-electron chi connectivity index (χ4n) is 2.69. The van der Waals surface area contributed by atoms with Gasteiger partial charge in [-0.25, -0.2) is 4.79 Å². The van der Waals surface area contributed by atoms with Gasteiger partial charge in [0.1, 0.15) is 12.1 Å². The van der Waals surface area contributed by atoms with Crippen LogP contribution in [0.1, 0.15) is 46.0 Å². The molecule has 0 aliphatic heterocycles. The number of nitrogens with one attached hydrogen (secondary N) is 3. The van der Waals surface area contributed by atoms with Gasteiger partial charge in [-0.1, -0.05) is 13.8 Å². The number of aliphatic carboxylic acids is 2. The second-order valence-electron chi connectivity index (χ2n) is 7.85. The Morgan fingerprint density at radius 2 is 1.58 bits per heavy atom. The Morgan fingerprint density at radius 1 is 0.939 bits per heavy atom. The van der Waals surface area contributed by atoms with Crippen LogP contribution in [0, 0.1) is 5.92 Å². The zero-order chi connectivity index (χ0) is 25.6. The van der Waals surface area contributed by atoms with E-state index in [-0.39, 0.29) is 31.1 Å². The van der Waals surface area contributed by atoms with Gasteiger partial charge in [-0.05, 0) is 31.6 Å². The maximum Gasteiger partial charge on any atom is 0.326 e. The third-order valence-corrected chi connectivity index (χ3v) is 4.35. The van der Waals surface area contributed by atoms with E-state index in [1.54, 1.807) is 13.8 Å². The number of aliphatic imine (C=N–C) groups is 1. The van der Waals surface area contributed by atoms with E-state index in [0.29, 0.717) is 13.0 Å². The first-order valence-electron chi connectivity index (χ1n) is 10.5. The Morgan fingerprint density at radius 3 is 2.09 bits per heavy atom. The first-order valence-corrected chi connectivity index (χ1v) is 10.5. The Kier molecular flexibility index (Phi) is 13.8. The highest BCUT2D eigenvalue weighted by Gasteiger charge is 2.27. The summed E-state index contributed by atoms with van der Waals surface area (Å²) < 4.78 is 0. The monoisotopic (exact) mass is 473 g/mol. The zero-order valence-electron chi connectivity index (χ0n) is 18.9. The summed E-state index contributed by atoms with van der Waals surface area (Å²) in [6, 6.07) is -3.38. The topological polar surface area (TPSA) is 252 Å². The van der Waals surface area contributed by atoms with Crippen molar-refractivity contribution in [1.82, 2.24) is 16.0 Å². The minimum absolute atomic E-state index is 0.0309. The van der Waals surface area contributed by atoms with Crippen molar-refractivity contribution < 1.29 is 34.2 Å². The maximum absolute atomic E-state index is 12.5. The van der Waals surface area contributed by atoms with Gasteiger partial charge in [0.05, 0.1) is 12.6 Å². The van der Waals surface area contributed by atoms with Crippen LogP contribution < -0.4 is 33.2 Å². The Bertz CT molecular complexity index is 723. The number of carbonyl (C=O) groups excluding carboxylic acids is 3. The van der Waals surface area contributed by atoms with Crippen molar-refractivity contribution in [3.8, 4) is 0 Å². The highest BCUT2D eigenvalue weighted by Crippen LogP contribution is 2.07. The molecule has 0 saturated heterocycles. The second-order valence-corrected chi connectivity index (χ2v) is 7.85. The Labute approximate surface area is 191 Å². The van der Waals surface area contributed by atoms with E-state index in [1.807, 2.05) is 0 Å². The van der Waals surface area contributed by atoms with Crippen LogP contribution >= 0.6 is 0 Å². The van der Waals surface area contributed by atoms with Crippen LogP contribution in [-0.2, 0) is 24.0 Å². The molecule has 33 heavy (non-hydrogen) atoms. The van der Waals surface area contributed by atoms with E-state index in [2.05, 4.69) is 20.9 Å². The lowest BCUT2D eigenvalue weighted by atomic mass is 10.0. The summed E-state index contributed by atoms with van der Waals surface area (Å²) in [4.78, 5) is 62.6. The molecular weight excluding hydrogens is 438 g/mol. The smallest absolute Gasteiger partial charge is 0.326 e. The minimum atomic E-state index is -1.42. The first-order chi connectivity index (χ1) is 15.3. The van der Waals surface area contributed by atoms with Crippen molar-refractivity contribution in [3.63, 3.8) is 0 Å². The van der Waals surface area contributed by atoms with Crippen molar-refractivity contribution in [2.75, 3.05) is 13.1 Å². The molecule has 0 spiro atoms. The lowest BCUT2D eigenvalue weighted by molar-refractivity contribution is -0.143. The van der Waals surface area contributed by atoms with E-state index in [1.165, 1.54) is 0 Å². The highest BCUT2D eigenvalue weighted by atomic mass is 16.4. The van der Waals surface area contributed by atoms with Crippen LogP contribution in [0.4, 0.5) is 0 Å². The van der Waals surface area contributed by atoms with Gasteiger partial charge in [0.25, 0.3) is 0 Å². The maximum atomic E-state index is 12.5. The first kappa shape index (κ1) is 29.6. The predicted molar refractivity (Wildman–Crippen MR) is 119 cm³/mol. The van der Waals surface area contributed by atoms with Crippen LogP contribution in [0.5, 0.6) is 0 Å². The molecule has 0 aromatic carbocycles. The third kappa shape index (κ3) is 14.3. The van der Waals surface area contributed by atoms with Gasteiger partial charge in [0.15, 0.2) is 5.96 Å². The zero-order valence-corrected chi connectivity index (χ0v) is 18.9. The summed E-state index contributed by atoms with van der Waals surface area (Å²) in [6.45, 7) is 3.46. The molecule has 14 nitrogen and oxygen atoms in total. The molecule has 14 heteroatoms. The second kappa shape index (κ2) is 15.4. The molecule has 11 N–H and O–H groups in total. The van der Waals surface area contributed by atoms with Gasteiger partial charge in [-0.3, -0.25) is 24.2 Å². The fraction of sp³-hybridized carbons (Fsp3) is 0.684. The normalized spacial score (nSPS) is 13.3. The van der Waals surface area contributed by atoms with Crippen LogP contribution in [0.25, 0.3) is 0 Å². The van der Waals surface area contributed by atoms with Crippen molar-refractivity contribution in [3.05, 3.63) is 0 Å². The average molecular weight is 474 g/mol. The van der Waals surface area contributed by atoms with Crippen molar-refractivity contribution in [2.24, 2.45) is 28.1 Å². The molecule has 0 aromatic rings. The SMILES string of the molecule is CC(C)C[C@H](NC(=O)CNC(=O)[C@@H](N)CCCN=C(N)N)C(=O)N[C@@H](CCC(=O)O)C(=O)O. The number of rotatable bonds is 16. The summed E-state index contributed by atoms with van der Waals surface area (Å²) in [5.74, 6) is -4.70. The van der Waals surface area contributed by atoms with Crippen LogP contribution in [0.2, 0.25) is 0 Å². The minimum Gasteiger partial charge on any atom is -0.481 e. The van der Waals surface area contributed by atoms with Crippen molar-refractivity contribution in [2.45, 2.75) is 64.1 Å². The van der Waals surface area contributed by atoms with Gasteiger partial charge < -0.3 is 43.4 Å². The van der Waals surface area contributed by atoms with E-state index >= 15 is 0 Å². The molecule has 0 fully saturated rings. The average Bonchev–Trinajstić information content (AvgIpc) is 2.70. The quantitative estimate of drug-likeness (QED) is 0.0661. The number of carboxylic acid groups (broad SMARTS) is 2. The number of carboxylic acids is 2. The number of hydrogen-bond donors (Lipinski definition) is 8. The van der Waals surface area contributed by atoms with E-state index in [9.17, 15) is 29.1 Å². The van der Waals surface area contributed by atoms with Crippen LogP contribution in [-0.4, -0.2) is 77.0 Å². The largest absolute Gasteiger partial charge is 0.481 e. The van der Waals surface area contributed by atoms with Gasteiger partial charge in [-0.2, -0.15) is 0 Å². The molecule has 0 aliphatic carbocycles. The summed E-state index contributed by atoms with van der Waals surface area (Å²) in [7, 11) is 0. The summed E-state index contributed by atoms with van der Waals surface area (Å²) >= 11 is 0. The van der Waals surface area contributed by atoms with Crippen LogP contribution in [0.3, 0.4) is 0 Å². The Hall–Kier alpha value is -3.42. The predicted octanol–water partition coefficient (Wildman–Crippen LogP) is -2.55. The fourth-order valence-corrected chi connectivity index (χ4v) is 2.69. The van der Waals surface area contributed by atoms with Gasteiger partial charge >= 0.3 is 11.9 Å². The molecule has 0 aliphatic rings. The number of amides is 3. The number of nitrogens with two attached hydrogens (primary N) is 3. The van der Waals surface area contributed by atoms with Crippen LogP contribution in [0.15, 0.2) is 4.99 Å². The van der Waals surface area contributed by atoms with E-state index in [4.69, 9.17) is 22.3 Å². The van der Waals surface area contributed by atoms with Gasteiger partial charge in [-0.15, -0.1) is 0 Å². The van der Waals surface area contributed by atoms with E-state index < -0.39 is 60.8 Å². The van der Waals surface area contributed by atoms with Gasteiger partial charge in [0, 0.05) is 13.0 Å². The molecule has 0 bridgehead atoms. The molecule has 3 atom stereocenters. The molecule has 0 heterocycles. The number of guanidine groups is 1. The van der Waals surface area contributed by atoms with Crippen molar-refractivity contribution in [1.29, 1.82) is 0 Å². The number of carbonyl (C=O) groups is 5. The molecule has 3 amide bonds. The summed E-state index contributed by atoms with van der Waals surface area (Å²) in [5.41, 5.74) is 16.2.